The van der Waals surface area contributed by atoms with Crippen LogP contribution in [0.25, 0.3) is 0 Å². The molecule has 1 aliphatic heterocycles. The number of hydrogen-bond acceptors (Lipinski definition) is 4. The van der Waals surface area contributed by atoms with Crippen LogP contribution in [0, 0.1) is 0 Å². The van der Waals surface area contributed by atoms with Crippen molar-refractivity contribution in [2.24, 2.45) is 4.99 Å². The lowest BCUT2D eigenvalue weighted by molar-refractivity contribution is 0.532. The van der Waals surface area contributed by atoms with Gasteiger partial charge >= 0.3 is 0 Å². The molecular weight excluding hydrogens is 198 g/mol. The summed E-state index contributed by atoms with van der Waals surface area (Å²) in [6, 6.07) is 0. The Balaban J connectivity index is 1.86. The molecule has 5 heteroatoms. The van der Waals surface area contributed by atoms with E-state index in [4.69, 9.17) is 0 Å². The molecule has 0 spiro atoms. The van der Waals surface area contributed by atoms with E-state index in [1.807, 2.05) is 7.05 Å². The van der Waals surface area contributed by atoms with Crippen molar-refractivity contribution < 1.29 is 4.21 Å². The molecule has 0 aromatic carbocycles. The van der Waals surface area contributed by atoms with E-state index >= 15 is 0 Å². The molecule has 1 aliphatic carbocycles. The second kappa shape index (κ2) is 3.53. The van der Waals surface area contributed by atoms with Gasteiger partial charge in [-0.05, 0) is 12.8 Å². The SMILES string of the molecule is CN1CCN=C1NCC1(S(C)=O)CC1. The van der Waals surface area contributed by atoms with Gasteiger partial charge < -0.3 is 10.2 Å². The Bertz CT molecular complexity index is 286. The van der Waals surface area contributed by atoms with Crippen molar-refractivity contribution in [2.45, 2.75) is 17.6 Å². The Morgan fingerprint density at radius 1 is 1.64 bits per heavy atom. The number of rotatable bonds is 3. The van der Waals surface area contributed by atoms with E-state index in [0.29, 0.717) is 0 Å². The monoisotopic (exact) mass is 215 g/mol. The third-order valence-corrected chi connectivity index (χ3v) is 4.82. The Morgan fingerprint density at radius 2 is 2.36 bits per heavy atom. The predicted octanol–water partition coefficient (Wildman–Crippen LogP) is -0.212. The number of hydrogen-bond donors (Lipinski definition) is 1. The molecule has 80 valence electrons. The zero-order valence-corrected chi connectivity index (χ0v) is 9.56. The molecule has 1 saturated carbocycles. The Kier molecular flexibility index (Phi) is 2.51. The number of likely N-dealkylation sites (N-methyl/N-ethyl adjacent to an activating group) is 1. The molecule has 4 nitrogen and oxygen atoms in total. The van der Waals surface area contributed by atoms with Gasteiger partial charge in [0.1, 0.15) is 0 Å². The maximum absolute atomic E-state index is 11.4. The molecule has 2 aliphatic rings. The molecule has 1 N–H and O–H groups in total. The minimum Gasteiger partial charge on any atom is -0.355 e. The van der Waals surface area contributed by atoms with Crippen LogP contribution < -0.4 is 5.32 Å². The summed E-state index contributed by atoms with van der Waals surface area (Å²) in [6.07, 6.45) is 3.97. The summed E-state index contributed by atoms with van der Waals surface area (Å²) in [5.74, 6) is 0.960. The molecule has 0 saturated heterocycles. The lowest BCUT2D eigenvalue weighted by atomic mass is 10.4. The van der Waals surface area contributed by atoms with Crippen molar-refractivity contribution in [2.75, 3.05) is 32.9 Å². The minimum absolute atomic E-state index is 0.0476. The van der Waals surface area contributed by atoms with E-state index in [1.54, 1.807) is 6.26 Å². The molecule has 2 rings (SSSR count). The van der Waals surface area contributed by atoms with E-state index in [-0.39, 0.29) is 4.75 Å². The van der Waals surface area contributed by atoms with Gasteiger partial charge in [-0.2, -0.15) is 0 Å². The normalized spacial score (nSPS) is 25.9. The fourth-order valence-corrected chi connectivity index (χ4v) is 2.62. The highest BCUT2D eigenvalue weighted by atomic mass is 32.2. The van der Waals surface area contributed by atoms with Crippen LogP contribution in [-0.4, -0.2) is 52.8 Å². The molecular formula is C9H17N3OS. The molecule has 1 atom stereocenters. The fourth-order valence-electron chi connectivity index (χ4n) is 1.67. The molecule has 0 aromatic rings. The lowest BCUT2D eigenvalue weighted by Crippen LogP contribution is -2.41. The van der Waals surface area contributed by atoms with E-state index < -0.39 is 10.8 Å². The van der Waals surface area contributed by atoms with Crippen LogP contribution in [0.1, 0.15) is 12.8 Å². The van der Waals surface area contributed by atoms with Crippen LogP contribution in [0.4, 0.5) is 0 Å². The summed E-state index contributed by atoms with van der Waals surface area (Å²) >= 11 is 0. The first kappa shape index (κ1) is 9.96. The van der Waals surface area contributed by atoms with Crippen LogP contribution in [0.3, 0.4) is 0 Å². The van der Waals surface area contributed by atoms with Gasteiger partial charge in [0.2, 0.25) is 0 Å². The Morgan fingerprint density at radius 3 is 2.79 bits per heavy atom. The number of guanidine groups is 1. The largest absolute Gasteiger partial charge is 0.355 e. The van der Waals surface area contributed by atoms with Crippen molar-refractivity contribution in [1.29, 1.82) is 0 Å². The molecule has 1 heterocycles. The van der Waals surface area contributed by atoms with Crippen LogP contribution in [0.5, 0.6) is 0 Å². The van der Waals surface area contributed by atoms with E-state index in [0.717, 1.165) is 38.4 Å². The summed E-state index contributed by atoms with van der Waals surface area (Å²) < 4.78 is 11.5. The van der Waals surface area contributed by atoms with Gasteiger partial charge in [-0.3, -0.25) is 9.20 Å². The van der Waals surface area contributed by atoms with E-state index in [9.17, 15) is 4.21 Å². The standard InChI is InChI=1S/C9H17N3OS/c1-12-6-5-10-8(12)11-7-9(3-4-9)14(2)13/h3-7H2,1-2H3,(H,10,11). The predicted molar refractivity (Wildman–Crippen MR) is 59.0 cm³/mol. The molecule has 1 fully saturated rings. The van der Waals surface area contributed by atoms with Crippen molar-refractivity contribution in [3.8, 4) is 0 Å². The second-order valence-electron chi connectivity index (χ2n) is 4.12. The minimum atomic E-state index is -0.712. The van der Waals surface area contributed by atoms with E-state index in [2.05, 4.69) is 15.2 Å². The number of nitrogens with one attached hydrogen (secondary N) is 1. The van der Waals surface area contributed by atoms with Crippen molar-refractivity contribution in [3.63, 3.8) is 0 Å². The molecule has 14 heavy (non-hydrogen) atoms. The first-order chi connectivity index (χ1) is 6.64. The molecule has 0 bridgehead atoms. The highest BCUT2D eigenvalue weighted by molar-refractivity contribution is 7.86. The van der Waals surface area contributed by atoms with Crippen molar-refractivity contribution in [1.82, 2.24) is 10.2 Å². The maximum Gasteiger partial charge on any atom is 0.193 e. The Labute approximate surface area is 87.2 Å². The Hall–Kier alpha value is -0.580. The first-order valence-corrected chi connectivity index (χ1v) is 6.53. The zero-order valence-electron chi connectivity index (χ0n) is 8.75. The average Bonchev–Trinajstić information content (AvgIpc) is 2.83. The molecule has 0 amide bonds. The fraction of sp³-hybridized carbons (Fsp3) is 0.889. The number of nitrogens with zero attached hydrogens (tertiary/aromatic N) is 2. The van der Waals surface area contributed by atoms with Gasteiger partial charge in [0.15, 0.2) is 5.96 Å². The van der Waals surface area contributed by atoms with Gasteiger partial charge in [0.25, 0.3) is 0 Å². The zero-order chi connectivity index (χ0) is 10.2. The van der Waals surface area contributed by atoms with Crippen LogP contribution in [-0.2, 0) is 10.8 Å². The van der Waals surface area contributed by atoms with Crippen LogP contribution in [0.15, 0.2) is 4.99 Å². The van der Waals surface area contributed by atoms with Crippen molar-refractivity contribution >= 4 is 16.8 Å². The summed E-state index contributed by atoms with van der Waals surface area (Å²) in [4.78, 5) is 6.45. The van der Waals surface area contributed by atoms with Crippen molar-refractivity contribution in [3.05, 3.63) is 0 Å². The van der Waals surface area contributed by atoms with Gasteiger partial charge in [-0.15, -0.1) is 0 Å². The topological polar surface area (TPSA) is 44.7 Å². The lowest BCUT2D eigenvalue weighted by Gasteiger charge is -2.18. The third kappa shape index (κ3) is 1.78. The van der Waals surface area contributed by atoms with Crippen LogP contribution >= 0.6 is 0 Å². The summed E-state index contributed by atoms with van der Waals surface area (Å²) in [6.45, 7) is 2.67. The van der Waals surface area contributed by atoms with Crippen LogP contribution in [0.2, 0.25) is 0 Å². The van der Waals surface area contributed by atoms with Gasteiger partial charge in [0, 0.05) is 37.2 Å². The molecule has 0 aromatic heterocycles. The second-order valence-corrected chi connectivity index (χ2v) is 5.89. The maximum atomic E-state index is 11.4. The van der Waals surface area contributed by atoms with Gasteiger partial charge in [-0.25, -0.2) is 0 Å². The van der Waals surface area contributed by atoms with E-state index in [1.165, 1.54) is 0 Å². The highest BCUT2D eigenvalue weighted by Gasteiger charge is 2.46. The summed E-state index contributed by atoms with van der Waals surface area (Å²) in [5, 5.41) is 3.30. The number of aliphatic imine (C=N–C) groups is 1. The molecule has 1 unspecified atom stereocenters. The quantitative estimate of drug-likeness (QED) is 0.708. The van der Waals surface area contributed by atoms with Gasteiger partial charge in [-0.1, -0.05) is 0 Å². The molecule has 0 radical (unpaired) electrons. The summed E-state index contributed by atoms with van der Waals surface area (Å²) in [7, 11) is 1.32. The average molecular weight is 215 g/mol. The first-order valence-electron chi connectivity index (χ1n) is 4.97. The highest BCUT2D eigenvalue weighted by Crippen LogP contribution is 2.40. The summed E-state index contributed by atoms with van der Waals surface area (Å²) in [5.41, 5.74) is 0. The smallest absolute Gasteiger partial charge is 0.193 e. The third-order valence-electron chi connectivity index (χ3n) is 3.04. The van der Waals surface area contributed by atoms with Gasteiger partial charge in [0.05, 0.1) is 11.3 Å².